The van der Waals surface area contributed by atoms with E-state index in [9.17, 15) is 9.18 Å². The fraction of sp³-hybridized carbons (Fsp3) is 0.480. The van der Waals surface area contributed by atoms with Crippen molar-refractivity contribution in [1.29, 1.82) is 0 Å². The molecule has 2 aromatic rings. The molecular formula is C25H31FN6O2. The van der Waals surface area contributed by atoms with Crippen molar-refractivity contribution in [2.24, 2.45) is 7.05 Å². The van der Waals surface area contributed by atoms with Crippen molar-refractivity contribution in [1.82, 2.24) is 24.5 Å². The van der Waals surface area contributed by atoms with Crippen LogP contribution in [0.1, 0.15) is 48.3 Å². The third-order valence-corrected chi connectivity index (χ3v) is 6.56. The number of carbonyl (C=O) groups is 1. The van der Waals surface area contributed by atoms with E-state index in [-0.39, 0.29) is 18.4 Å². The highest BCUT2D eigenvalue weighted by molar-refractivity contribution is 5.80. The largest absolute Gasteiger partial charge is 0.379 e. The van der Waals surface area contributed by atoms with Gasteiger partial charge in [0.05, 0.1) is 32.1 Å². The zero-order valence-corrected chi connectivity index (χ0v) is 20.0. The normalized spacial score (nSPS) is 18.7. The van der Waals surface area contributed by atoms with Crippen LogP contribution in [0.15, 0.2) is 24.0 Å². The number of terminal acetylenes is 1. The standard InChI is InChI=1S/C25H31FN6O2/c1-5-19(22-14-27-30(4)17(22)2)6-7-20(8-11-26)28-25-23-15-31(18(3)33)12-9-24(23)32(29-25)21-10-13-34-16-21/h1,6-7,14,21H,8-13,15-16H2,2-4H3,(H,28,29)/b19-6+,20-7+. The third-order valence-electron chi connectivity index (χ3n) is 6.56. The van der Waals surface area contributed by atoms with Crippen LogP contribution in [-0.4, -0.2) is 56.8 Å². The van der Waals surface area contributed by atoms with Gasteiger partial charge in [0.1, 0.15) is 0 Å². The molecule has 1 saturated heterocycles. The van der Waals surface area contributed by atoms with Gasteiger partial charge in [-0.15, -0.1) is 6.42 Å². The molecular weight excluding hydrogens is 435 g/mol. The number of carbonyl (C=O) groups excluding carboxylic acids is 1. The van der Waals surface area contributed by atoms with Crippen LogP contribution in [0.4, 0.5) is 10.2 Å². The van der Waals surface area contributed by atoms with Crippen LogP contribution in [-0.2, 0) is 29.5 Å². The van der Waals surface area contributed by atoms with Crippen LogP contribution in [0.3, 0.4) is 0 Å². The van der Waals surface area contributed by atoms with Crippen LogP contribution in [0.5, 0.6) is 0 Å². The predicted octanol–water partition coefficient (Wildman–Crippen LogP) is 3.16. The Bertz CT molecular complexity index is 1160. The monoisotopic (exact) mass is 466 g/mol. The molecule has 34 heavy (non-hydrogen) atoms. The minimum atomic E-state index is -0.525. The highest BCUT2D eigenvalue weighted by Crippen LogP contribution is 2.32. The molecule has 0 aromatic carbocycles. The molecule has 4 heterocycles. The summed E-state index contributed by atoms with van der Waals surface area (Å²) < 4.78 is 22.8. The van der Waals surface area contributed by atoms with E-state index in [0.717, 1.165) is 35.4 Å². The molecule has 1 amide bonds. The van der Waals surface area contributed by atoms with Gasteiger partial charge in [-0.05, 0) is 25.5 Å². The Hall–Kier alpha value is -3.38. The number of hydrogen-bond acceptors (Lipinski definition) is 5. The van der Waals surface area contributed by atoms with Crippen LogP contribution in [0.2, 0.25) is 0 Å². The minimum Gasteiger partial charge on any atom is -0.379 e. The number of halogens is 1. The third kappa shape index (κ3) is 4.77. The zero-order chi connectivity index (χ0) is 24.2. The molecule has 0 aliphatic carbocycles. The molecule has 2 aliphatic rings. The molecule has 4 rings (SSSR count). The molecule has 2 aliphatic heterocycles. The van der Waals surface area contributed by atoms with Gasteiger partial charge in [0.25, 0.3) is 0 Å². The minimum absolute atomic E-state index is 0.0292. The molecule has 1 atom stereocenters. The lowest BCUT2D eigenvalue weighted by molar-refractivity contribution is -0.129. The number of anilines is 1. The van der Waals surface area contributed by atoms with Gasteiger partial charge < -0.3 is 15.0 Å². The van der Waals surface area contributed by atoms with Crippen molar-refractivity contribution in [2.75, 3.05) is 31.7 Å². The second kappa shape index (κ2) is 10.3. The second-order valence-electron chi connectivity index (χ2n) is 8.67. The molecule has 0 radical (unpaired) electrons. The quantitative estimate of drug-likeness (QED) is 0.501. The number of amides is 1. The fourth-order valence-corrected chi connectivity index (χ4v) is 4.44. The van der Waals surface area contributed by atoms with Crippen molar-refractivity contribution in [3.05, 3.63) is 46.6 Å². The molecule has 0 spiro atoms. The maximum atomic E-state index is 13.5. The molecule has 1 fully saturated rings. The second-order valence-corrected chi connectivity index (χ2v) is 8.67. The maximum absolute atomic E-state index is 13.5. The highest BCUT2D eigenvalue weighted by Gasteiger charge is 2.30. The maximum Gasteiger partial charge on any atom is 0.219 e. The molecule has 2 aromatic heterocycles. The van der Waals surface area contributed by atoms with E-state index in [1.807, 2.05) is 23.6 Å². The molecule has 180 valence electrons. The Kier molecular flexibility index (Phi) is 7.17. The lowest BCUT2D eigenvalue weighted by atomic mass is 10.1. The van der Waals surface area contributed by atoms with Gasteiger partial charge >= 0.3 is 0 Å². The number of nitrogens with one attached hydrogen (secondary N) is 1. The van der Waals surface area contributed by atoms with Crippen molar-refractivity contribution in [3.63, 3.8) is 0 Å². The van der Waals surface area contributed by atoms with Crippen LogP contribution >= 0.6 is 0 Å². The van der Waals surface area contributed by atoms with Crippen molar-refractivity contribution >= 4 is 17.3 Å². The summed E-state index contributed by atoms with van der Waals surface area (Å²) in [6.45, 7) is 5.47. The van der Waals surface area contributed by atoms with E-state index >= 15 is 0 Å². The number of allylic oxidation sites excluding steroid dienone is 4. The van der Waals surface area contributed by atoms with Crippen LogP contribution < -0.4 is 5.32 Å². The Morgan fingerprint density at radius 2 is 2.26 bits per heavy atom. The Balaban J connectivity index is 1.67. The molecule has 1 N–H and O–H groups in total. The number of aryl methyl sites for hydroxylation is 1. The lowest BCUT2D eigenvalue weighted by Gasteiger charge is -2.27. The predicted molar refractivity (Wildman–Crippen MR) is 129 cm³/mol. The van der Waals surface area contributed by atoms with E-state index in [2.05, 4.69) is 16.3 Å². The van der Waals surface area contributed by atoms with E-state index in [4.69, 9.17) is 16.3 Å². The van der Waals surface area contributed by atoms with Gasteiger partial charge in [0.2, 0.25) is 5.91 Å². The zero-order valence-electron chi connectivity index (χ0n) is 20.0. The van der Waals surface area contributed by atoms with Crippen molar-refractivity contribution in [3.8, 4) is 12.3 Å². The SMILES string of the molecule is C#C/C(=C\C=C(/CCF)Nc1nn(C2CCOC2)c2c1CN(C(C)=O)CC2)c1cnn(C)c1C. The average molecular weight is 467 g/mol. The first-order chi connectivity index (χ1) is 16.4. The van der Waals surface area contributed by atoms with Gasteiger partial charge in [-0.2, -0.15) is 10.2 Å². The first kappa shape index (κ1) is 23.8. The Morgan fingerprint density at radius 1 is 1.44 bits per heavy atom. The summed E-state index contributed by atoms with van der Waals surface area (Å²) in [5, 5.41) is 12.5. The molecule has 8 nitrogen and oxygen atoms in total. The van der Waals surface area contributed by atoms with Gasteiger partial charge in [-0.3, -0.25) is 18.5 Å². The number of rotatable bonds is 7. The van der Waals surface area contributed by atoms with Crippen LogP contribution in [0.25, 0.3) is 5.57 Å². The molecule has 1 unspecified atom stereocenters. The summed E-state index contributed by atoms with van der Waals surface area (Å²) in [6, 6.07) is 0.170. The van der Waals surface area contributed by atoms with E-state index in [1.165, 1.54) is 0 Å². The molecule has 0 saturated carbocycles. The summed E-state index contributed by atoms with van der Waals surface area (Å²) >= 11 is 0. The highest BCUT2D eigenvalue weighted by atomic mass is 19.1. The van der Waals surface area contributed by atoms with Crippen molar-refractivity contribution < 1.29 is 13.9 Å². The summed E-state index contributed by atoms with van der Waals surface area (Å²) in [5.41, 5.74) is 5.23. The summed E-state index contributed by atoms with van der Waals surface area (Å²) in [6.07, 6.45) is 12.9. The van der Waals surface area contributed by atoms with E-state index in [0.29, 0.717) is 43.4 Å². The van der Waals surface area contributed by atoms with Gasteiger partial charge in [-0.1, -0.05) is 5.92 Å². The van der Waals surface area contributed by atoms with Crippen LogP contribution in [0, 0.1) is 19.3 Å². The number of nitrogens with zero attached hydrogens (tertiary/aromatic N) is 5. The first-order valence-corrected chi connectivity index (χ1v) is 11.6. The van der Waals surface area contributed by atoms with Gasteiger partial charge in [0, 0.05) is 73.7 Å². The number of alkyl halides is 1. The first-order valence-electron chi connectivity index (χ1n) is 11.6. The number of fused-ring (bicyclic) bond motifs is 1. The topological polar surface area (TPSA) is 77.2 Å². The Labute approximate surface area is 199 Å². The molecule has 9 heteroatoms. The molecule has 0 bridgehead atoms. The smallest absolute Gasteiger partial charge is 0.219 e. The van der Waals surface area contributed by atoms with Crippen molar-refractivity contribution in [2.45, 2.75) is 45.7 Å². The lowest BCUT2D eigenvalue weighted by Crippen LogP contribution is -2.35. The van der Waals surface area contributed by atoms with E-state index < -0.39 is 6.67 Å². The fourth-order valence-electron chi connectivity index (χ4n) is 4.44. The Morgan fingerprint density at radius 3 is 2.88 bits per heavy atom. The number of hydrogen-bond donors (Lipinski definition) is 1. The summed E-state index contributed by atoms with van der Waals surface area (Å²) in [7, 11) is 1.86. The average Bonchev–Trinajstić information content (AvgIpc) is 3.55. The van der Waals surface area contributed by atoms with Gasteiger partial charge in [-0.25, -0.2) is 0 Å². The summed E-state index contributed by atoms with van der Waals surface area (Å²) in [5.74, 6) is 3.39. The summed E-state index contributed by atoms with van der Waals surface area (Å²) in [4.78, 5) is 13.9. The number of ether oxygens (including phenoxy) is 1. The number of aromatic nitrogens is 4. The van der Waals surface area contributed by atoms with E-state index in [1.54, 1.807) is 30.0 Å². The van der Waals surface area contributed by atoms with Gasteiger partial charge in [0.15, 0.2) is 5.82 Å².